The summed E-state index contributed by atoms with van der Waals surface area (Å²) in [5.41, 5.74) is 1.74. The molecule has 4 aromatic carbocycles. The molecule has 0 spiro atoms. The molecule has 0 aliphatic carbocycles. The van der Waals surface area contributed by atoms with Gasteiger partial charge < -0.3 is 10.2 Å². The number of benzene rings is 4. The van der Waals surface area contributed by atoms with Gasteiger partial charge in [-0.1, -0.05) is 89.4 Å². The molecule has 0 fully saturated rings. The average molecular weight is 671 g/mol. The predicted octanol–water partition coefficient (Wildman–Crippen LogP) is 6.80. The van der Waals surface area contributed by atoms with E-state index in [9.17, 15) is 18.0 Å². The lowest BCUT2D eigenvalue weighted by molar-refractivity contribution is -0.140. The van der Waals surface area contributed by atoms with Gasteiger partial charge in [0.25, 0.3) is 10.0 Å². The minimum Gasteiger partial charge on any atom is -0.352 e. The standard InChI is InChI=1S/C34H34Cl2FN3O4S/c1-23(2)38-34(42)32(19-25-9-5-4-6-10-25)39(21-26-11-7-8-12-30(26)37)33(41)22-40(31-20-27(35)15-18-29(31)36)45(43,44)28-16-13-24(3)14-17-28/h4-18,20,23,32H,19,21-22H2,1-3H3,(H,38,42)/t32-/m1/s1. The van der Waals surface area contributed by atoms with Crippen LogP contribution in [0.4, 0.5) is 10.1 Å². The van der Waals surface area contributed by atoms with Gasteiger partial charge in [-0.3, -0.25) is 13.9 Å². The maximum atomic E-state index is 15.0. The van der Waals surface area contributed by atoms with E-state index < -0.39 is 40.2 Å². The van der Waals surface area contributed by atoms with Crippen LogP contribution < -0.4 is 9.62 Å². The Morgan fingerprint density at radius 1 is 0.889 bits per heavy atom. The van der Waals surface area contributed by atoms with E-state index in [1.165, 1.54) is 53.4 Å². The number of nitrogens with zero attached hydrogens (tertiary/aromatic N) is 2. The van der Waals surface area contributed by atoms with Gasteiger partial charge in [0.05, 0.1) is 15.6 Å². The highest BCUT2D eigenvalue weighted by molar-refractivity contribution is 7.92. The number of sulfonamides is 1. The maximum absolute atomic E-state index is 15.0. The Morgan fingerprint density at radius 2 is 1.53 bits per heavy atom. The quantitative estimate of drug-likeness (QED) is 0.180. The summed E-state index contributed by atoms with van der Waals surface area (Å²) in [5, 5.41) is 3.11. The van der Waals surface area contributed by atoms with Crippen LogP contribution >= 0.6 is 23.2 Å². The molecule has 1 N–H and O–H groups in total. The van der Waals surface area contributed by atoms with E-state index in [2.05, 4.69) is 5.32 Å². The molecule has 0 saturated heterocycles. The van der Waals surface area contributed by atoms with E-state index in [1.54, 1.807) is 32.0 Å². The van der Waals surface area contributed by atoms with Gasteiger partial charge in [0.15, 0.2) is 0 Å². The topological polar surface area (TPSA) is 86.8 Å². The highest BCUT2D eigenvalue weighted by Crippen LogP contribution is 2.33. The molecule has 0 bridgehead atoms. The first-order valence-corrected chi connectivity index (χ1v) is 16.5. The molecule has 0 radical (unpaired) electrons. The van der Waals surface area contributed by atoms with Gasteiger partial charge in [0.2, 0.25) is 11.8 Å². The first-order valence-electron chi connectivity index (χ1n) is 14.3. The molecule has 0 aromatic heterocycles. The van der Waals surface area contributed by atoms with Crippen LogP contribution in [0.3, 0.4) is 0 Å². The monoisotopic (exact) mass is 669 g/mol. The largest absolute Gasteiger partial charge is 0.352 e. The summed E-state index contributed by atoms with van der Waals surface area (Å²) in [6.45, 7) is 4.36. The van der Waals surface area contributed by atoms with E-state index in [0.717, 1.165) is 15.4 Å². The lowest BCUT2D eigenvalue weighted by Crippen LogP contribution is -2.54. The Kier molecular flexibility index (Phi) is 11.3. The molecule has 7 nitrogen and oxygen atoms in total. The number of amides is 2. The normalized spacial score (nSPS) is 12.1. The van der Waals surface area contributed by atoms with Crippen molar-refractivity contribution in [1.29, 1.82) is 0 Å². The summed E-state index contributed by atoms with van der Waals surface area (Å²) in [6, 6.07) is 24.1. The maximum Gasteiger partial charge on any atom is 0.264 e. The number of nitrogens with one attached hydrogen (secondary N) is 1. The smallest absolute Gasteiger partial charge is 0.264 e. The van der Waals surface area contributed by atoms with E-state index in [-0.39, 0.29) is 45.2 Å². The molecule has 236 valence electrons. The molecule has 2 amide bonds. The zero-order chi connectivity index (χ0) is 32.7. The summed E-state index contributed by atoms with van der Waals surface area (Å²) >= 11 is 12.8. The van der Waals surface area contributed by atoms with Crippen molar-refractivity contribution < 1.29 is 22.4 Å². The molecule has 0 unspecified atom stereocenters. The molecule has 45 heavy (non-hydrogen) atoms. The molecule has 11 heteroatoms. The van der Waals surface area contributed by atoms with Crippen LogP contribution in [-0.2, 0) is 32.6 Å². The molecule has 4 rings (SSSR count). The van der Waals surface area contributed by atoms with Crippen LogP contribution in [0.15, 0.2) is 102 Å². The molecule has 0 saturated carbocycles. The van der Waals surface area contributed by atoms with Crippen LogP contribution in [0, 0.1) is 12.7 Å². The summed E-state index contributed by atoms with van der Waals surface area (Å²) in [5.74, 6) is -1.78. The van der Waals surface area contributed by atoms with E-state index in [4.69, 9.17) is 23.2 Å². The number of hydrogen-bond acceptors (Lipinski definition) is 4. The van der Waals surface area contributed by atoms with E-state index in [0.29, 0.717) is 0 Å². The summed E-state index contributed by atoms with van der Waals surface area (Å²) in [4.78, 5) is 29.3. The van der Waals surface area contributed by atoms with Crippen molar-refractivity contribution >= 4 is 50.7 Å². The first kappa shape index (κ1) is 34.0. The van der Waals surface area contributed by atoms with Crippen molar-refractivity contribution in [1.82, 2.24) is 10.2 Å². The van der Waals surface area contributed by atoms with Crippen molar-refractivity contribution in [3.63, 3.8) is 0 Å². The minimum atomic E-state index is -4.38. The second-order valence-electron chi connectivity index (χ2n) is 10.9. The fourth-order valence-electron chi connectivity index (χ4n) is 4.77. The third-order valence-corrected chi connectivity index (χ3v) is 9.39. The van der Waals surface area contributed by atoms with Crippen LogP contribution in [0.25, 0.3) is 0 Å². The zero-order valence-corrected chi connectivity index (χ0v) is 27.4. The zero-order valence-electron chi connectivity index (χ0n) is 25.1. The van der Waals surface area contributed by atoms with Crippen molar-refractivity contribution in [2.45, 2.75) is 50.7 Å². The molecule has 0 heterocycles. The molecule has 1 atom stereocenters. The van der Waals surface area contributed by atoms with Gasteiger partial charge in [-0.05, 0) is 62.7 Å². The van der Waals surface area contributed by atoms with Crippen LogP contribution in [0.2, 0.25) is 10.0 Å². The minimum absolute atomic E-state index is 0.0184. The Labute approximate surface area is 273 Å². The third kappa shape index (κ3) is 8.63. The van der Waals surface area contributed by atoms with Gasteiger partial charge in [-0.15, -0.1) is 0 Å². The first-order chi connectivity index (χ1) is 21.4. The Hall–Kier alpha value is -3.92. The number of aryl methyl sites for hydroxylation is 1. The number of anilines is 1. The van der Waals surface area contributed by atoms with Crippen molar-refractivity contribution in [2.75, 3.05) is 10.8 Å². The predicted molar refractivity (Wildman–Crippen MR) is 176 cm³/mol. The van der Waals surface area contributed by atoms with Crippen molar-refractivity contribution in [2.24, 2.45) is 0 Å². The van der Waals surface area contributed by atoms with E-state index >= 15 is 4.39 Å². The van der Waals surface area contributed by atoms with Crippen molar-refractivity contribution in [3.05, 3.63) is 130 Å². The highest BCUT2D eigenvalue weighted by atomic mass is 35.5. The Morgan fingerprint density at radius 3 is 2.18 bits per heavy atom. The second kappa shape index (κ2) is 14.9. The summed E-state index contributed by atoms with van der Waals surface area (Å²) in [6.07, 6.45) is 0.0994. The number of carbonyl (C=O) groups is 2. The Bertz CT molecular complexity index is 1750. The average Bonchev–Trinajstić information content (AvgIpc) is 3.00. The second-order valence-corrected chi connectivity index (χ2v) is 13.6. The molecule has 0 aliphatic heterocycles. The van der Waals surface area contributed by atoms with E-state index in [1.807, 2.05) is 37.3 Å². The Balaban J connectivity index is 1.84. The summed E-state index contributed by atoms with van der Waals surface area (Å²) in [7, 11) is -4.38. The number of carbonyl (C=O) groups excluding carboxylic acids is 2. The SMILES string of the molecule is Cc1ccc(S(=O)(=O)N(CC(=O)N(Cc2ccccc2F)[C@H](Cc2ccccc2)C(=O)NC(C)C)c2cc(Cl)ccc2Cl)cc1. The molecular formula is C34H34Cl2FN3O4S. The van der Waals surface area contributed by atoms with Gasteiger partial charge >= 0.3 is 0 Å². The fourth-order valence-corrected chi connectivity index (χ4v) is 6.63. The lowest BCUT2D eigenvalue weighted by Gasteiger charge is -2.34. The third-order valence-electron chi connectivity index (χ3n) is 7.07. The number of halogens is 3. The highest BCUT2D eigenvalue weighted by Gasteiger charge is 2.35. The molecular weight excluding hydrogens is 636 g/mol. The van der Waals surface area contributed by atoms with Crippen molar-refractivity contribution in [3.8, 4) is 0 Å². The van der Waals surface area contributed by atoms with Gasteiger partial charge in [-0.25, -0.2) is 12.8 Å². The molecule has 0 aliphatic rings. The van der Waals surface area contributed by atoms with Gasteiger partial charge in [0, 0.05) is 29.6 Å². The molecule has 4 aromatic rings. The van der Waals surface area contributed by atoms with Gasteiger partial charge in [0.1, 0.15) is 18.4 Å². The van der Waals surface area contributed by atoms with Crippen LogP contribution in [0.1, 0.15) is 30.5 Å². The fraction of sp³-hybridized carbons (Fsp3) is 0.235. The summed E-state index contributed by atoms with van der Waals surface area (Å²) < 4.78 is 44.1. The van der Waals surface area contributed by atoms with Crippen LogP contribution in [-0.4, -0.2) is 43.8 Å². The van der Waals surface area contributed by atoms with Gasteiger partial charge in [-0.2, -0.15) is 0 Å². The number of hydrogen-bond donors (Lipinski definition) is 1. The lowest BCUT2D eigenvalue weighted by atomic mass is 10.0. The van der Waals surface area contributed by atoms with Crippen LogP contribution in [0.5, 0.6) is 0 Å². The number of rotatable bonds is 12.